The number of anilines is 2. The molecule has 1 aliphatic rings. The van der Waals surface area contributed by atoms with Crippen molar-refractivity contribution >= 4 is 45.9 Å². The van der Waals surface area contributed by atoms with E-state index in [0.29, 0.717) is 28.1 Å². The van der Waals surface area contributed by atoms with Gasteiger partial charge in [-0.2, -0.15) is 4.98 Å². The third-order valence-electron chi connectivity index (χ3n) is 6.60. The van der Waals surface area contributed by atoms with Crippen molar-refractivity contribution in [1.82, 2.24) is 19.9 Å². The molecule has 0 spiro atoms. The third-order valence-corrected chi connectivity index (χ3v) is 7.03. The highest BCUT2D eigenvalue weighted by molar-refractivity contribution is 6.34. The average molecular weight is 509 g/mol. The fourth-order valence-corrected chi connectivity index (χ4v) is 5.34. The minimum Gasteiger partial charge on any atom is -0.362 e. The summed E-state index contributed by atoms with van der Waals surface area (Å²) in [4.78, 5) is 11.6. The Labute approximate surface area is 216 Å². The Hall–Kier alpha value is -2.80. The lowest BCUT2D eigenvalue weighted by atomic mass is 9.91. The maximum atomic E-state index is 6.21. The van der Waals surface area contributed by atoms with Crippen LogP contribution in [0.3, 0.4) is 0 Å². The number of fused-ring (bicyclic) bond motifs is 1. The predicted molar refractivity (Wildman–Crippen MR) is 146 cm³/mol. The number of benzene rings is 2. The van der Waals surface area contributed by atoms with Crippen LogP contribution in [0.25, 0.3) is 16.6 Å². The largest absolute Gasteiger partial charge is 0.362 e. The first-order valence-electron chi connectivity index (χ1n) is 12.0. The van der Waals surface area contributed by atoms with Crippen LogP contribution in [0.4, 0.5) is 11.8 Å². The minimum absolute atomic E-state index is 0.377. The first-order chi connectivity index (χ1) is 17.0. The lowest BCUT2D eigenvalue weighted by molar-refractivity contribution is 0.350. The van der Waals surface area contributed by atoms with Crippen molar-refractivity contribution in [3.05, 3.63) is 76.5 Å². The minimum atomic E-state index is 0.377. The van der Waals surface area contributed by atoms with Crippen molar-refractivity contribution in [2.45, 2.75) is 44.3 Å². The monoisotopic (exact) mass is 508 g/mol. The van der Waals surface area contributed by atoms with E-state index in [0.717, 1.165) is 54.6 Å². The molecule has 0 radical (unpaired) electrons. The number of para-hydroxylation sites is 1. The zero-order valence-corrected chi connectivity index (χ0v) is 21.5. The Morgan fingerprint density at radius 3 is 2.37 bits per heavy atom. The Bertz CT molecular complexity index is 1290. The molecule has 0 bridgehead atoms. The molecule has 8 heteroatoms. The number of nitrogens with one attached hydrogen (secondary N) is 2. The molecule has 1 saturated carbocycles. The molecule has 0 saturated heterocycles. The van der Waals surface area contributed by atoms with Crippen molar-refractivity contribution in [3.8, 4) is 5.69 Å². The van der Waals surface area contributed by atoms with E-state index in [1.807, 2.05) is 55.5 Å². The van der Waals surface area contributed by atoms with Crippen LogP contribution in [-0.2, 0) is 6.54 Å². The molecule has 4 aromatic rings. The fourth-order valence-electron chi connectivity index (χ4n) is 4.83. The van der Waals surface area contributed by atoms with Gasteiger partial charge in [0.25, 0.3) is 0 Å². The molecule has 6 nitrogen and oxygen atoms in total. The highest BCUT2D eigenvalue weighted by Gasteiger charge is 2.22. The number of hydrogen-bond donors (Lipinski definition) is 2. The van der Waals surface area contributed by atoms with E-state index in [4.69, 9.17) is 33.2 Å². The summed E-state index contributed by atoms with van der Waals surface area (Å²) < 4.78 is 2.14. The topological polar surface area (TPSA) is 58.0 Å². The van der Waals surface area contributed by atoms with Gasteiger partial charge in [-0.1, -0.05) is 35.3 Å². The van der Waals surface area contributed by atoms with Gasteiger partial charge in [0.1, 0.15) is 5.82 Å². The molecule has 0 aliphatic heterocycles. The molecule has 2 aromatic carbocycles. The molecular weight excluding hydrogens is 479 g/mol. The van der Waals surface area contributed by atoms with Gasteiger partial charge in [0.2, 0.25) is 5.95 Å². The van der Waals surface area contributed by atoms with E-state index >= 15 is 0 Å². The lowest BCUT2D eigenvalue weighted by Gasteiger charge is -2.30. The molecule has 2 heterocycles. The van der Waals surface area contributed by atoms with Gasteiger partial charge in [-0.25, -0.2) is 4.98 Å². The second-order valence-corrected chi connectivity index (χ2v) is 10.2. The summed E-state index contributed by atoms with van der Waals surface area (Å²) in [5.74, 6) is 1.65. The highest BCUT2D eigenvalue weighted by atomic mass is 35.5. The second kappa shape index (κ2) is 10.4. The quantitative estimate of drug-likeness (QED) is 0.306. The van der Waals surface area contributed by atoms with Gasteiger partial charge < -0.3 is 20.1 Å². The van der Waals surface area contributed by atoms with Gasteiger partial charge in [0.15, 0.2) is 0 Å². The van der Waals surface area contributed by atoms with Crippen LogP contribution >= 0.6 is 23.2 Å². The highest BCUT2D eigenvalue weighted by Crippen LogP contribution is 2.27. The van der Waals surface area contributed by atoms with Crippen LogP contribution in [0.2, 0.25) is 10.0 Å². The maximum absolute atomic E-state index is 6.21. The van der Waals surface area contributed by atoms with Gasteiger partial charge in [-0.05, 0) is 68.1 Å². The molecule has 1 aliphatic carbocycles. The number of hydrogen-bond acceptors (Lipinski definition) is 5. The molecule has 5 rings (SSSR count). The number of aromatic nitrogens is 3. The van der Waals surface area contributed by atoms with Gasteiger partial charge in [0.05, 0.1) is 5.52 Å². The Kier molecular flexibility index (Phi) is 7.14. The Morgan fingerprint density at radius 1 is 0.914 bits per heavy atom. The molecule has 0 atom stereocenters. The van der Waals surface area contributed by atoms with Crippen LogP contribution in [0.1, 0.15) is 31.4 Å². The van der Waals surface area contributed by atoms with Crippen LogP contribution in [0, 0.1) is 0 Å². The van der Waals surface area contributed by atoms with Gasteiger partial charge in [-0.15, -0.1) is 0 Å². The summed E-state index contributed by atoms with van der Waals surface area (Å²) in [6.07, 6.45) is 6.42. The average Bonchev–Trinajstić information content (AvgIpc) is 3.31. The normalized spacial score (nSPS) is 18.1. The van der Waals surface area contributed by atoms with E-state index in [9.17, 15) is 0 Å². The van der Waals surface area contributed by atoms with Crippen LogP contribution < -0.4 is 15.5 Å². The molecule has 1 fully saturated rings. The number of rotatable bonds is 7. The Morgan fingerprint density at radius 2 is 1.63 bits per heavy atom. The molecule has 2 N–H and O–H groups in total. The van der Waals surface area contributed by atoms with Crippen molar-refractivity contribution in [2.24, 2.45) is 0 Å². The standard InChI is InChI=1S/C27H30Cl2N6/c1-34(2)26-24-7-3-4-8-25(24)32-27(33-26)31-21-11-9-20(10-12-21)30-17-22-6-5-13-35(22)23-15-18(28)14-19(29)16-23/h3-8,13-16,20-21,30H,9-12,17H2,1-2H3,(H,31,32,33). The van der Waals surface area contributed by atoms with E-state index < -0.39 is 0 Å². The maximum Gasteiger partial charge on any atom is 0.225 e. The van der Waals surface area contributed by atoms with E-state index in [1.165, 1.54) is 5.69 Å². The molecule has 0 unspecified atom stereocenters. The second-order valence-electron chi connectivity index (χ2n) is 9.35. The third kappa shape index (κ3) is 5.56. The first-order valence-corrected chi connectivity index (χ1v) is 12.8. The molecule has 35 heavy (non-hydrogen) atoms. The summed E-state index contributed by atoms with van der Waals surface area (Å²) in [5, 5.41) is 9.68. The van der Waals surface area contributed by atoms with Gasteiger partial charge in [-0.3, -0.25) is 0 Å². The van der Waals surface area contributed by atoms with Crippen LogP contribution in [0.5, 0.6) is 0 Å². The Balaban J connectivity index is 1.18. The summed E-state index contributed by atoms with van der Waals surface area (Å²) in [6.45, 7) is 0.792. The van der Waals surface area contributed by atoms with Gasteiger partial charge >= 0.3 is 0 Å². The van der Waals surface area contributed by atoms with Crippen LogP contribution in [0.15, 0.2) is 60.8 Å². The molecule has 0 amide bonds. The number of halogens is 2. The lowest BCUT2D eigenvalue weighted by Crippen LogP contribution is -2.37. The summed E-state index contributed by atoms with van der Waals surface area (Å²) in [6, 6.07) is 18.8. The smallest absolute Gasteiger partial charge is 0.225 e. The molecule has 182 valence electrons. The summed E-state index contributed by atoms with van der Waals surface area (Å²) in [5.41, 5.74) is 3.13. The van der Waals surface area contributed by atoms with Crippen molar-refractivity contribution < 1.29 is 0 Å². The summed E-state index contributed by atoms with van der Waals surface area (Å²) in [7, 11) is 4.04. The summed E-state index contributed by atoms with van der Waals surface area (Å²) >= 11 is 12.4. The van der Waals surface area contributed by atoms with Crippen molar-refractivity contribution in [3.63, 3.8) is 0 Å². The van der Waals surface area contributed by atoms with E-state index in [1.54, 1.807) is 6.07 Å². The zero-order chi connectivity index (χ0) is 24.4. The molecular formula is C27H30Cl2N6. The fraction of sp³-hybridized carbons (Fsp3) is 0.333. The van der Waals surface area contributed by atoms with Crippen molar-refractivity contribution in [1.29, 1.82) is 0 Å². The first kappa shape index (κ1) is 23.9. The zero-order valence-electron chi connectivity index (χ0n) is 20.0. The number of nitrogens with zero attached hydrogens (tertiary/aromatic N) is 4. The van der Waals surface area contributed by atoms with Crippen molar-refractivity contribution in [2.75, 3.05) is 24.3 Å². The van der Waals surface area contributed by atoms with Crippen LogP contribution in [-0.4, -0.2) is 40.7 Å². The SMILES string of the molecule is CN(C)c1nc(NC2CCC(NCc3cccn3-c3cc(Cl)cc(Cl)c3)CC2)nc2ccccc12. The van der Waals surface area contributed by atoms with E-state index in [-0.39, 0.29) is 0 Å². The van der Waals surface area contributed by atoms with Gasteiger partial charge in [0, 0.05) is 65.7 Å². The van der Waals surface area contributed by atoms with E-state index in [2.05, 4.69) is 33.4 Å². The molecule has 2 aromatic heterocycles. The predicted octanol–water partition coefficient (Wildman–Crippen LogP) is 6.31.